The first kappa shape index (κ1) is 15.5. The van der Waals surface area contributed by atoms with Gasteiger partial charge in [0.1, 0.15) is 0 Å². The standard InChI is InChI=1S/C13H17BrF3N/c1-9-10(5-3-6-11(9)14)12(18-2)7-4-8-13(15,16)17/h3,5-6,12,18H,4,7-8H2,1-2H3. The Balaban J connectivity index is 2.69. The molecule has 5 heteroatoms. The average molecular weight is 324 g/mol. The molecule has 1 rings (SSSR count). The van der Waals surface area contributed by atoms with Gasteiger partial charge < -0.3 is 5.32 Å². The van der Waals surface area contributed by atoms with Gasteiger partial charge in [-0.1, -0.05) is 28.1 Å². The number of rotatable bonds is 5. The molecular weight excluding hydrogens is 307 g/mol. The summed E-state index contributed by atoms with van der Waals surface area (Å²) < 4.78 is 37.4. The zero-order valence-corrected chi connectivity index (χ0v) is 12.0. The minimum Gasteiger partial charge on any atom is -0.313 e. The fourth-order valence-electron chi connectivity index (χ4n) is 1.96. The van der Waals surface area contributed by atoms with E-state index in [0.717, 1.165) is 15.6 Å². The van der Waals surface area contributed by atoms with Gasteiger partial charge in [0.2, 0.25) is 0 Å². The lowest BCUT2D eigenvalue weighted by molar-refractivity contribution is -0.135. The molecule has 0 radical (unpaired) electrons. The lowest BCUT2D eigenvalue weighted by Gasteiger charge is -2.20. The molecule has 1 atom stereocenters. The van der Waals surface area contributed by atoms with Crippen molar-refractivity contribution in [3.8, 4) is 0 Å². The van der Waals surface area contributed by atoms with Crippen molar-refractivity contribution in [2.24, 2.45) is 0 Å². The molecule has 0 amide bonds. The molecule has 0 saturated heterocycles. The molecule has 0 aliphatic carbocycles. The third-order valence-electron chi connectivity index (χ3n) is 2.99. The van der Waals surface area contributed by atoms with Gasteiger partial charge in [-0.15, -0.1) is 0 Å². The van der Waals surface area contributed by atoms with E-state index < -0.39 is 12.6 Å². The van der Waals surface area contributed by atoms with Crippen LogP contribution in [-0.2, 0) is 0 Å². The number of halogens is 4. The van der Waals surface area contributed by atoms with Crippen LogP contribution in [0.3, 0.4) is 0 Å². The fourth-order valence-corrected chi connectivity index (χ4v) is 2.35. The second kappa shape index (κ2) is 6.57. The van der Waals surface area contributed by atoms with Crippen LogP contribution in [-0.4, -0.2) is 13.2 Å². The Bertz CT molecular complexity index is 390. The van der Waals surface area contributed by atoms with Crippen LogP contribution in [0, 0.1) is 6.92 Å². The summed E-state index contributed by atoms with van der Waals surface area (Å²) in [5, 5.41) is 3.08. The maximum Gasteiger partial charge on any atom is 0.389 e. The summed E-state index contributed by atoms with van der Waals surface area (Å²) in [7, 11) is 1.78. The van der Waals surface area contributed by atoms with Crippen molar-refractivity contribution in [1.29, 1.82) is 0 Å². The Hall–Kier alpha value is -0.550. The van der Waals surface area contributed by atoms with Crippen molar-refractivity contribution in [3.63, 3.8) is 0 Å². The van der Waals surface area contributed by atoms with Gasteiger partial charge in [0.05, 0.1) is 0 Å². The highest BCUT2D eigenvalue weighted by atomic mass is 79.9. The molecule has 1 nitrogen and oxygen atoms in total. The van der Waals surface area contributed by atoms with Crippen LogP contribution >= 0.6 is 15.9 Å². The molecule has 1 unspecified atom stereocenters. The predicted molar refractivity (Wildman–Crippen MR) is 70.6 cm³/mol. The van der Waals surface area contributed by atoms with Gasteiger partial charge in [-0.2, -0.15) is 13.2 Å². The van der Waals surface area contributed by atoms with E-state index in [9.17, 15) is 13.2 Å². The molecule has 0 aromatic heterocycles. The lowest BCUT2D eigenvalue weighted by Crippen LogP contribution is -2.18. The third-order valence-corrected chi connectivity index (χ3v) is 3.85. The zero-order chi connectivity index (χ0) is 13.8. The van der Waals surface area contributed by atoms with Crippen LogP contribution in [0.5, 0.6) is 0 Å². The molecule has 0 aliphatic rings. The van der Waals surface area contributed by atoms with Crippen molar-refractivity contribution in [3.05, 3.63) is 33.8 Å². The lowest BCUT2D eigenvalue weighted by atomic mass is 9.97. The summed E-state index contributed by atoms with van der Waals surface area (Å²) in [5.74, 6) is 0. The van der Waals surface area contributed by atoms with Crippen molar-refractivity contribution >= 4 is 15.9 Å². The predicted octanol–water partition coefficient (Wildman–Crippen LogP) is 4.75. The normalized spacial score (nSPS) is 13.7. The summed E-state index contributed by atoms with van der Waals surface area (Å²) in [5.41, 5.74) is 2.12. The minimum atomic E-state index is -4.06. The van der Waals surface area contributed by atoms with Gasteiger partial charge in [0.25, 0.3) is 0 Å². The molecule has 0 bridgehead atoms. The number of benzene rings is 1. The Morgan fingerprint density at radius 2 is 2.00 bits per heavy atom. The van der Waals surface area contributed by atoms with Crippen LogP contribution in [0.15, 0.2) is 22.7 Å². The summed E-state index contributed by atoms with van der Waals surface area (Å²) in [6, 6.07) is 5.75. The monoisotopic (exact) mass is 323 g/mol. The molecule has 0 spiro atoms. The van der Waals surface area contributed by atoms with Crippen LogP contribution in [0.1, 0.15) is 36.4 Å². The van der Waals surface area contributed by atoms with Gasteiger partial charge >= 0.3 is 6.18 Å². The van der Waals surface area contributed by atoms with E-state index in [-0.39, 0.29) is 12.5 Å². The highest BCUT2D eigenvalue weighted by Crippen LogP contribution is 2.29. The zero-order valence-electron chi connectivity index (χ0n) is 10.4. The first-order valence-corrected chi connectivity index (χ1v) is 6.63. The molecule has 1 aromatic rings. The second-order valence-corrected chi connectivity index (χ2v) is 5.16. The SMILES string of the molecule is CNC(CCCC(F)(F)F)c1cccc(Br)c1C. The summed E-state index contributed by atoms with van der Waals surface area (Å²) in [6.45, 7) is 1.97. The topological polar surface area (TPSA) is 12.0 Å². The Kier molecular flexibility index (Phi) is 5.66. The molecule has 18 heavy (non-hydrogen) atoms. The Morgan fingerprint density at radius 1 is 1.33 bits per heavy atom. The van der Waals surface area contributed by atoms with Crippen molar-refractivity contribution in [2.45, 2.75) is 38.4 Å². The molecule has 102 valence electrons. The average Bonchev–Trinajstić information content (AvgIpc) is 2.27. The number of alkyl halides is 3. The summed E-state index contributed by atoms with van der Waals surface area (Å²) in [4.78, 5) is 0. The third kappa shape index (κ3) is 4.61. The van der Waals surface area contributed by atoms with Crippen molar-refractivity contribution in [2.75, 3.05) is 7.05 Å². The van der Waals surface area contributed by atoms with Gasteiger partial charge in [-0.3, -0.25) is 0 Å². The van der Waals surface area contributed by atoms with E-state index in [1.807, 2.05) is 25.1 Å². The highest BCUT2D eigenvalue weighted by molar-refractivity contribution is 9.10. The smallest absolute Gasteiger partial charge is 0.313 e. The Morgan fingerprint density at radius 3 is 2.56 bits per heavy atom. The molecule has 1 N–H and O–H groups in total. The quantitative estimate of drug-likeness (QED) is 0.824. The minimum absolute atomic E-state index is 0.0372. The van der Waals surface area contributed by atoms with Crippen molar-refractivity contribution in [1.82, 2.24) is 5.32 Å². The van der Waals surface area contributed by atoms with E-state index >= 15 is 0 Å². The molecular formula is C13H17BrF3N. The van der Waals surface area contributed by atoms with Crippen LogP contribution in [0.4, 0.5) is 13.2 Å². The number of hydrogen-bond donors (Lipinski definition) is 1. The van der Waals surface area contributed by atoms with Gasteiger partial charge in [-0.25, -0.2) is 0 Å². The van der Waals surface area contributed by atoms with Gasteiger partial charge in [-0.05, 0) is 44.0 Å². The maximum absolute atomic E-state index is 12.1. The summed E-state index contributed by atoms with van der Waals surface area (Å²) in [6.07, 6.45) is -4.17. The Labute approximate surface area is 114 Å². The highest BCUT2D eigenvalue weighted by Gasteiger charge is 2.27. The largest absolute Gasteiger partial charge is 0.389 e. The van der Waals surface area contributed by atoms with Crippen LogP contribution in [0.2, 0.25) is 0 Å². The fraction of sp³-hybridized carbons (Fsp3) is 0.538. The molecule has 0 heterocycles. The molecule has 1 aromatic carbocycles. The van der Waals surface area contributed by atoms with E-state index in [1.165, 1.54) is 0 Å². The molecule has 0 aliphatic heterocycles. The van der Waals surface area contributed by atoms with Crippen LogP contribution < -0.4 is 5.32 Å². The van der Waals surface area contributed by atoms with E-state index in [1.54, 1.807) is 7.05 Å². The first-order valence-electron chi connectivity index (χ1n) is 5.84. The second-order valence-electron chi connectivity index (χ2n) is 4.30. The number of nitrogens with one attached hydrogen (secondary N) is 1. The van der Waals surface area contributed by atoms with Gasteiger partial charge in [0, 0.05) is 16.9 Å². The van der Waals surface area contributed by atoms with Gasteiger partial charge in [0.15, 0.2) is 0 Å². The first-order chi connectivity index (χ1) is 8.35. The maximum atomic E-state index is 12.1. The van der Waals surface area contributed by atoms with E-state index in [0.29, 0.717) is 6.42 Å². The van der Waals surface area contributed by atoms with E-state index in [2.05, 4.69) is 21.2 Å². The van der Waals surface area contributed by atoms with Crippen LogP contribution in [0.25, 0.3) is 0 Å². The number of hydrogen-bond acceptors (Lipinski definition) is 1. The molecule has 0 fully saturated rings. The van der Waals surface area contributed by atoms with Crippen molar-refractivity contribution < 1.29 is 13.2 Å². The summed E-state index contributed by atoms with van der Waals surface area (Å²) >= 11 is 3.44. The van der Waals surface area contributed by atoms with E-state index in [4.69, 9.17) is 0 Å². The molecule has 0 saturated carbocycles.